The normalized spacial score (nSPS) is 9.83. The van der Waals surface area contributed by atoms with Crippen LogP contribution in [0.2, 0.25) is 0 Å². The Morgan fingerprint density at radius 1 is 1.22 bits per heavy atom. The van der Waals surface area contributed by atoms with Crippen molar-refractivity contribution in [3.63, 3.8) is 0 Å². The molecule has 0 aliphatic rings. The Morgan fingerprint density at radius 3 is 2.61 bits per heavy atom. The Morgan fingerprint density at radius 2 is 2.00 bits per heavy atom. The van der Waals surface area contributed by atoms with Crippen LogP contribution in [0.1, 0.15) is 15.9 Å². The van der Waals surface area contributed by atoms with E-state index in [1.807, 2.05) is 12.1 Å². The second kappa shape index (κ2) is 5.77. The Kier molecular flexibility index (Phi) is 3.86. The van der Waals surface area contributed by atoms with E-state index >= 15 is 0 Å². The van der Waals surface area contributed by atoms with Crippen molar-refractivity contribution < 1.29 is 4.79 Å². The van der Waals surface area contributed by atoms with Gasteiger partial charge in [0.2, 0.25) is 0 Å². The van der Waals surface area contributed by atoms with Crippen LogP contribution in [0, 0.1) is 0 Å². The highest BCUT2D eigenvalue weighted by Crippen LogP contribution is 2.04. The molecule has 0 aliphatic carbocycles. The summed E-state index contributed by atoms with van der Waals surface area (Å²) in [5.41, 5.74) is 1.56. The molecule has 0 aliphatic heterocycles. The third-order valence-electron chi connectivity index (χ3n) is 2.48. The minimum atomic E-state index is -0.137. The zero-order valence-electron chi connectivity index (χ0n) is 10.1. The molecule has 2 rings (SSSR count). The molecule has 0 spiro atoms. The lowest BCUT2D eigenvalue weighted by atomic mass is 10.2. The predicted octanol–water partition coefficient (Wildman–Crippen LogP) is 1.45. The molecule has 2 aromatic heterocycles. The van der Waals surface area contributed by atoms with E-state index in [2.05, 4.69) is 20.6 Å². The van der Waals surface area contributed by atoms with Gasteiger partial charge in [-0.1, -0.05) is 0 Å². The molecule has 0 saturated carbocycles. The maximum atomic E-state index is 11.8. The third-order valence-corrected chi connectivity index (χ3v) is 2.48. The molecule has 0 bridgehead atoms. The van der Waals surface area contributed by atoms with Gasteiger partial charge in [0.25, 0.3) is 5.91 Å². The molecule has 5 heteroatoms. The van der Waals surface area contributed by atoms with Gasteiger partial charge >= 0.3 is 0 Å². The molecule has 0 aromatic carbocycles. The molecular formula is C13H14N4O. The summed E-state index contributed by atoms with van der Waals surface area (Å²) in [6, 6.07) is 7.23. The van der Waals surface area contributed by atoms with Gasteiger partial charge in [-0.25, -0.2) is 4.98 Å². The average Bonchev–Trinajstić information content (AvgIpc) is 2.46. The predicted molar refractivity (Wildman–Crippen MR) is 69.2 cm³/mol. The van der Waals surface area contributed by atoms with Crippen molar-refractivity contribution in [3.05, 3.63) is 54.0 Å². The average molecular weight is 242 g/mol. The van der Waals surface area contributed by atoms with E-state index in [9.17, 15) is 4.79 Å². The Bertz CT molecular complexity index is 510. The van der Waals surface area contributed by atoms with Crippen LogP contribution in [0.5, 0.6) is 0 Å². The Labute approximate surface area is 105 Å². The van der Waals surface area contributed by atoms with Crippen molar-refractivity contribution in [2.75, 3.05) is 12.4 Å². The Balaban J connectivity index is 1.95. The molecular weight excluding hydrogens is 228 g/mol. The first-order chi connectivity index (χ1) is 8.79. The van der Waals surface area contributed by atoms with E-state index in [0.717, 1.165) is 11.4 Å². The highest BCUT2D eigenvalue weighted by Gasteiger charge is 2.05. The van der Waals surface area contributed by atoms with E-state index in [4.69, 9.17) is 0 Å². The minimum Gasteiger partial charge on any atom is -0.373 e. The van der Waals surface area contributed by atoms with Crippen molar-refractivity contribution in [1.29, 1.82) is 0 Å². The smallest absolute Gasteiger partial charge is 0.253 e. The minimum absolute atomic E-state index is 0.137. The first-order valence-electron chi connectivity index (χ1n) is 5.60. The summed E-state index contributed by atoms with van der Waals surface area (Å²) in [5, 5.41) is 5.73. The van der Waals surface area contributed by atoms with Gasteiger partial charge in [0, 0.05) is 32.2 Å². The summed E-state index contributed by atoms with van der Waals surface area (Å²) in [6.07, 6.45) is 4.95. The van der Waals surface area contributed by atoms with Gasteiger partial charge in [0.15, 0.2) is 0 Å². The maximum Gasteiger partial charge on any atom is 0.253 e. The van der Waals surface area contributed by atoms with Gasteiger partial charge in [-0.2, -0.15) is 0 Å². The standard InChI is InChI=1S/C13H14N4O/c1-14-12-3-2-11(9-16-12)13(18)17-8-10-4-6-15-7-5-10/h2-7,9H,8H2,1H3,(H,14,16)(H,17,18). The van der Waals surface area contributed by atoms with E-state index in [1.54, 1.807) is 37.8 Å². The first kappa shape index (κ1) is 12.0. The summed E-state index contributed by atoms with van der Waals surface area (Å²) >= 11 is 0. The monoisotopic (exact) mass is 242 g/mol. The summed E-state index contributed by atoms with van der Waals surface area (Å²) in [6.45, 7) is 0.481. The number of nitrogens with zero attached hydrogens (tertiary/aromatic N) is 2. The highest BCUT2D eigenvalue weighted by molar-refractivity contribution is 5.93. The SMILES string of the molecule is CNc1ccc(C(=O)NCc2ccncc2)cn1. The summed E-state index contributed by atoms with van der Waals surface area (Å²) in [4.78, 5) is 19.8. The van der Waals surface area contributed by atoms with Crippen molar-refractivity contribution in [2.24, 2.45) is 0 Å². The van der Waals surface area contributed by atoms with E-state index < -0.39 is 0 Å². The number of hydrogen-bond donors (Lipinski definition) is 2. The number of rotatable bonds is 4. The molecule has 92 valence electrons. The van der Waals surface area contributed by atoms with E-state index in [1.165, 1.54) is 0 Å². The first-order valence-corrected chi connectivity index (χ1v) is 5.60. The zero-order chi connectivity index (χ0) is 12.8. The number of carbonyl (C=O) groups is 1. The van der Waals surface area contributed by atoms with Gasteiger partial charge in [-0.3, -0.25) is 9.78 Å². The van der Waals surface area contributed by atoms with Gasteiger partial charge < -0.3 is 10.6 Å². The van der Waals surface area contributed by atoms with Crippen LogP contribution < -0.4 is 10.6 Å². The highest BCUT2D eigenvalue weighted by atomic mass is 16.1. The lowest BCUT2D eigenvalue weighted by Crippen LogP contribution is -2.22. The van der Waals surface area contributed by atoms with Gasteiger partial charge in [-0.15, -0.1) is 0 Å². The molecule has 2 N–H and O–H groups in total. The molecule has 2 aromatic rings. The molecule has 0 unspecified atom stereocenters. The molecule has 0 saturated heterocycles. The fourth-order valence-corrected chi connectivity index (χ4v) is 1.46. The lowest BCUT2D eigenvalue weighted by molar-refractivity contribution is 0.0950. The van der Waals surface area contributed by atoms with Crippen molar-refractivity contribution in [2.45, 2.75) is 6.54 Å². The zero-order valence-corrected chi connectivity index (χ0v) is 10.1. The number of aromatic nitrogens is 2. The molecule has 5 nitrogen and oxygen atoms in total. The second-order valence-electron chi connectivity index (χ2n) is 3.72. The van der Waals surface area contributed by atoms with Gasteiger partial charge in [0.1, 0.15) is 5.82 Å². The van der Waals surface area contributed by atoms with Crippen LogP contribution in [-0.4, -0.2) is 22.9 Å². The number of pyridine rings is 2. The molecule has 0 atom stereocenters. The number of anilines is 1. The van der Waals surface area contributed by atoms with E-state index in [0.29, 0.717) is 12.1 Å². The van der Waals surface area contributed by atoms with E-state index in [-0.39, 0.29) is 5.91 Å². The van der Waals surface area contributed by atoms with Crippen LogP contribution in [0.25, 0.3) is 0 Å². The topological polar surface area (TPSA) is 66.9 Å². The van der Waals surface area contributed by atoms with Crippen LogP contribution in [0.3, 0.4) is 0 Å². The lowest BCUT2D eigenvalue weighted by Gasteiger charge is -2.05. The second-order valence-corrected chi connectivity index (χ2v) is 3.72. The molecule has 1 amide bonds. The van der Waals surface area contributed by atoms with Crippen LogP contribution in [0.4, 0.5) is 5.82 Å². The fraction of sp³-hybridized carbons (Fsp3) is 0.154. The van der Waals surface area contributed by atoms with Gasteiger partial charge in [0.05, 0.1) is 5.56 Å². The molecule has 0 fully saturated rings. The van der Waals surface area contributed by atoms with Crippen LogP contribution >= 0.6 is 0 Å². The summed E-state index contributed by atoms with van der Waals surface area (Å²) < 4.78 is 0. The number of hydrogen-bond acceptors (Lipinski definition) is 4. The quantitative estimate of drug-likeness (QED) is 0.851. The molecule has 0 radical (unpaired) electrons. The van der Waals surface area contributed by atoms with Crippen LogP contribution in [-0.2, 0) is 6.54 Å². The third kappa shape index (κ3) is 3.04. The summed E-state index contributed by atoms with van der Waals surface area (Å²) in [7, 11) is 1.78. The van der Waals surface area contributed by atoms with Crippen LogP contribution in [0.15, 0.2) is 42.9 Å². The summed E-state index contributed by atoms with van der Waals surface area (Å²) in [5.74, 6) is 0.600. The van der Waals surface area contributed by atoms with Crippen molar-refractivity contribution in [1.82, 2.24) is 15.3 Å². The fourth-order valence-electron chi connectivity index (χ4n) is 1.46. The number of nitrogens with one attached hydrogen (secondary N) is 2. The van der Waals surface area contributed by atoms with Gasteiger partial charge in [-0.05, 0) is 29.8 Å². The maximum absolute atomic E-state index is 11.8. The van der Waals surface area contributed by atoms with Crippen molar-refractivity contribution >= 4 is 11.7 Å². The number of amides is 1. The largest absolute Gasteiger partial charge is 0.373 e. The number of carbonyl (C=O) groups excluding carboxylic acids is 1. The van der Waals surface area contributed by atoms with Crippen molar-refractivity contribution in [3.8, 4) is 0 Å². The molecule has 2 heterocycles. The Hall–Kier alpha value is -2.43. The molecule has 18 heavy (non-hydrogen) atoms.